The maximum Gasteiger partial charge on any atom is 0.0205 e. The van der Waals surface area contributed by atoms with E-state index < -0.39 is 0 Å². The van der Waals surface area contributed by atoms with E-state index in [-0.39, 0.29) is 0 Å². The van der Waals surface area contributed by atoms with Crippen molar-refractivity contribution in [3.05, 3.63) is 0 Å². The van der Waals surface area contributed by atoms with Gasteiger partial charge in [0, 0.05) is 24.7 Å². The third-order valence-corrected chi connectivity index (χ3v) is 4.13. The molecule has 1 heterocycles. The van der Waals surface area contributed by atoms with Crippen LogP contribution < -0.4 is 0 Å². The molecule has 0 atom stereocenters. The van der Waals surface area contributed by atoms with Crippen LogP contribution in [0.3, 0.4) is 0 Å². The Balaban J connectivity index is 2.53. The lowest BCUT2D eigenvalue weighted by Crippen LogP contribution is -2.54. The summed E-state index contributed by atoms with van der Waals surface area (Å²) in [4.78, 5) is 5.23. The van der Waals surface area contributed by atoms with Crippen molar-refractivity contribution < 1.29 is 0 Å². The largest absolute Gasteiger partial charge is 0.301 e. The van der Waals surface area contributed by atoms with Gasteiger partial charge in [0.25, 0.3) is 0 Å². The first-order valence-corrected chi connectivity index (χ1v) is 6.52. The second-order valence-electron chi connectivity index (χ2n) is 5.30. The highest BCUT2D eigenvalue weighted by atomic mass is 15.2. The molecule has 90 valence electrons. The summed E-state index contributed by atoms with van der Waals surface area (Å²) in [5, 5.41) is 0. The van der Waals surface area contributed by atoms with E-state index in [1.807, 2.05) is 0 Å². The lowest BCUT2D eigenvalue weighted by Gasteiger charge is -2.47. The minimum Gasteiger partial charge on any atom is -0.301 e. The highest BCUT2D eigenvalue weighted by Crippen LogP contribution is 2.28. The van der Waals surface area contributed by atoms with Gasteiger partial charge in [-0.15, -0.1) is 0 Å². The maximum absolute atomic E-state index is 2.63. The monoisotopic (exact) mass is 212 g/mol. The van der Waals surface area contributed by atoms with Gasteiger partial charge >= 0.3 is 0 Å². The molecule has 0 aromatic heterocycles. The molecule has 0 N–H and O–H groups in total. The van der Waals surface area contributed by atoms with Crippen LogP contribution >= 0.6 is 0 Å². The van der Waals surface area contributed by atoms with Crippen LogP contribution in [0.5, 0.6) is 0 Å². The number of rotatable bonds is 4. The van der Waals surface area contributed by atoms with Crippen molar-refractivity contribution in [2.75, 3.05) is 26.2 Å². The van der Waals surface area contributed by atoms with Crippen molar-refractivity contribution >= 4 is 0 Å². The van der Waals surface area contributed by atoms with Gasteiger partial charge in [-0.25, -0.2) is 0 Å². The molecule has 1 saturated heterocycles. The van der Waals surface area contributed by atoms with Gasteiger partial charge in [-0.05, 0) is 46.7 Å². The number of piperidine rings is 1. The molecule has 0 saturated carbocycles. The summed E-state index contributed by atoms with van der Waals surface area (Å²) in [6.45, 7) is 16.5. The van der Waals surface area contributed by atoms with Crippen LogP contribution in [0.4, 0.5) is 0 Å². The zero-order valence-corrected chi connectivity index (χ0v) is 11.2. The molecule has 0 aromatic rings. The summed E-state index contributed by atoms with van der Waals surface area (Å²) in [6.07, 6.45) is 2.65. The molecule has 0 aliphatic carbocycles. The third-order valence-electron chi connectivity index (χ3n) is 4.13. The molecular formula is C13H28N2. The average Bonchev–Trinajstić information content (AvgIpc) is 2.19. The lowest BCUT2D eigenvalue weighted by atomic mass is 9.87. The summed E-state index contributed by atoms with van der Waals surface area (Å²) < 4.78 is 0. The summed E-state index contributed by atoms with van der Waals surface area (Å²) in [5.41, 5.74) is 0.453. The second-order valence-corrected chi connectivity index (χ2v) is 5.30. The Morgan fingerprint density at radius 1 is 1.13 bits per heavy atom. The normalized spacial score (nSPS) is 22.6. The van der Waals surface area contributed by atoms with E-state index in [1.165, 1.54) is 39.0 Å². The van der Waals surface area contributed by atoms with Gasteiger partial charge in [0.05, 0.1) is 0 Å². The second kappa shape index (κ2) is 5.31. The predicted octanol–water partition coefficient (Wildman–Crippen LogP) is 2.59. The highest BCUT2D eigenvalue weighted by molar-refractivity contribution is 4.91. The van der Waals surface area contributed by atoms with Crippen LogP contribution in [0, 0.1) is 0 Å². The van der Waals surface area contributed by atoms with Crippen molar-refractivity contribution in [1.82, 2.24) is 9.80 Å². The maximum atomic E-state index is 2.63. The Bertz CT molecular complexity index is 177. The van der Waals surface area contributed by atoms with Gasteiger partial charge in [-0.2, -0.15) is 0 Å². The summed E-state index contributed by atoms with van der Waals surface area (Å²) >= 11 is 0. The van der Waals surface area contributed by atoms with Gasteiger partial charge in [0.15, 0.2) is 0 Å². The topological polar surface area (TPSA) is 6.48 Å². The smallest absolute Gasteiger partial charge is 0.0205 e. The van der Waals surface area contributed by atoms with Crippen LogP contribution in [0.2, 0.25) is 0 Å². The molecule has 1 aliphatic heterocycles. The van der Waals surface area contributed by atoms with Crippen LogP contribution in [0.1, 0.15) is 47.5 Å². The molecule has 15 heavy (non-hydrogen) atoms. The number of likely N-dealkylation sites (tertiary alicyclic amines) is 1. The van der Waals surface area contributed by atoms with Crippen molar-refractivity contribution in [2.24, 2.45) is 0 Å². The van der Waals surface area contributed by atoms with Gasteiger partial charge in [0.2, 0.25) is 0 Å². The van der Waals surface area contributed by atoms with Crippen molar-refractivity contribution in [3.8, 4) is 0 Å². The van der Waals surface area contributed by atoms with Gasteiger partial charge < -0.3 is 4.90 Å². The Kier molecular flexibility index (Phi) is 4.60. The van der Waals surface area contributed by atoms with Crippen molar-refractivity contribution in [1.29, 1.82) is 0 Å². The summed E-state index contributed by atoms with van der Waals surface area (Å²) in [5.74, 6) is 0. The molecule has 0 amide bonds. The standard InChI is InChI=1S/C13H28N2/c1-6-15(7-2)13(5)8-10-14(11-9-13)12(3)4/h12H,6-11H2,1-5H3. The van der Waals surface area contributed by atoms with E-state index in [0.717, 1.165) is 0 Å². The SMILES string of the molecule is CCN(CC)C1(C)CCN(C(C)C)CC1. The van der Waals surface area contributed by atoms with Crippen LogP contribution in [-0.4, -0.2) is 47.6 Å². The molecule has 1 fully saturated rings. The van der Waals surface area contributed by atoms with Crippen molar-refractivity contribution in [3.63, 3.8) is 0 Å². The Hall–Kier alpha value is -0.0800. The van der Waals surface area contributed by atoms with Crippen LogP contribution in [0.15, 0.2) is 0 Å². The molecule has 1 aliphatic rings. The predicted molar refractivity (Wildman–Crippen MR) is 67.3 cm³/mol. The molecule has 0 spiro atoms. The molecule has 0 radical (unpaired) electrons. The van der Waals surface area contributed by atoms with E-state index >= 15 is 0 Å². The van der Waals surface area contributed by atoms with Gasteiger partial charge in [-0.3, -0.25) is 4.90 Å². The highest BCUT2D eigenvalue weighted by Gasteiger charge is 2.34. The summed E-state index contributed by atoms with van der Waals surface area (Å²) in [7, 11) is 0. The minimum absolute atomic E-state index is 0.453. The first-order valence-electron chi connectivity index (χ1n) is 6.52. The minimum atomic E-state index is 0.453. The zero-order chi connectivity index (χ0) is 11.5. The Morgan fingerprint density at radius 2 is 1.60 bits per heavy atom. The first kappa shape index (κ1) is 13.0. The Labute approximate surface area is 95.6 Å². The average molecular weight is 212 g/mol. The molecule has 2 nitrogen and oxygen atoms in total. The molecule has 2 heteroatoms. The fourth-order valence-corrected chi connectivity index (χ4v) is 2.83. The number of hydrogen-bond donors (Lipinski definition) is 0. The van der Waals surface area contributed by atoms with Gasteiger partial charge in [0.1, 0.15) is 0 Å². The van der Waals surface area contributed by atoms with E-state index in [2.05, 4.69) is 44.4 Å². The van der Waals surface area contributed by atoms with Crippen LogP contribution in [0.25, 0.3) is 0 Å². The van der Waals surface area contributed by atoms with E-state index in [0.29, 0.717) is 11.6 Å². The molecule has 0 unspecified atom stereocenters. The Morgan fingerprint density at radius 3 is 1.93 bits per heavy atom. The molecule has 1 rings (SSSR count). The van der Waals surface area contributed by atoms with E-state index in [9.17, 15) is 0 Å². The van der Waals surface area contributed by atoms with Gasteiger partial charge in [-0.1, -0.05) is 13.8 Å². The molecular weight excluding hydrogens is 184 g/mol. The molecule has 0 bridgehead atoms. The zero-order valence-electron chi connectivity index (χ0n) is 11.2. The van der Waals surface area contributed by atoms with E-state index in [4.69, 9.17) is 0 Å². The number of nitrogens with zero attached hydrogens (tertiary/aromatic N) is 2. The fraction of sp³-hybridized carbons (Fsp3) is 1.00. The fourth-order valence-electron chi connectivity index (χ4n) is 2.83. The molecule has 0 aromatic carbocycles. The number of hydrogen-bond acceptors (Lipinski definition) is 2. The quantitative estimate of drug-likeness (QED) is 0.707. The van der Waals surface area contributed by atoms with Crippen molar-refractivity contribution in [2.45, 2.75) is 59.0 Å². The lowest BCUT2D eigenvalue weighted by molar-refractivity contribution is 0.0313. The van der Waals surface area contributed by atoms with Crippen LogP contribution in [-0.2, 0) is 0 Å². The van der Waals surface area contributed by atoms with E-state index in [1.54, 1.807) is 0 Å². The summed E-state index contributed by atoms with van der Waals surface area (Å²) in [6, 6.07) is 0.714. The third kappa shape index (κ3) is 2.94. The first-order chi connectivity index (χ1) is 7.03.